The predicted octanol–water partition coefficient (Wildman–Crippen LogP) is 1.36. The third kappa shape index (κ3) is 1.56. The SMILES string of the molecule is CC1=CN(C)CC(N=O)C1. The first-order valence-corrected chi connectivity index (χ1v) is 3.42. The third-order valence-electron chi connectivity index (χ3n) is 1.65. The molecule has 0 amide bonds. The Morgan fingerprint density at radius 2 is 2.50 bits per heavy atom. The summed E-state index contributed by atoms with van der Waals surface area (Å²) < 4.78 is 0. The number of likely N-dealkylation sites (N-methyl/N-ethyl adjacent to an activating group) is 1. The fourth-order valence-electron chi connectivity index (χ4n) is 1.32. The summed E-state index contributed by atoms with van der Waals surface area (Å²) in [6.07, 6.45) is 2.88. The molecular weight excluding hydrogens is 128 g/mol. The number of hydrogen-bond donors (Lipinski definition) is 0. The molecule has 3 heteroatoms. The summed E-state index contributed by atoms with van der Waals surface area (Å²) in [6, 6.07) is -0.0324. The van der Waals surface area contributed by atoms with E-state index in [1.165, 1.54) is 5.57 Å². The predicted molar refractivity (Wildman–Crippen MR) is 40.6 cm³/mol. The molecule has 0 fully saturated rings. The summed E-state index contributed by atoms with van der Waals surface area (Å²) in [5, 5.41) is 3.02. The smallest absolute Gasteiger partial charge is 0.113 e. The molecule has 56 valence electrons. The van der Waals surface area contributed by atoms with Crippen molar-refractivity contribution in [3.8, 4) is 0 Å². The molecule has 0 saturated heterocycles. The lowest BCUT2D eigenvalue weighted by molar-refractivity contribution is 0.380. The molecule has 0 aromatic rings. The van der Waals surface area contributed by atoms with E-state index in [0.717, 1.165) is 13.0 Å². The molecule has 0 bridgehead atoms. The molecule has 1 aliphatic rings. The van der Waals surface area contributed by atoms with Gasteiger partial charge in [0.15, 0.2) is 0 Å². The zero-order valence-corrected chi connectivity index (χ0v) is 6.37. The highest BCUT2D eigenvalue weighted by atomic mass is 16.3. The van der Waals surface area contributed by atoms with Crippen molar-refractivity contribution < 1.29 is 0 Å². The number of nitroso groups, excluding NO2 is 1. The van der Waals surface area contributed by atoms with Crippen molar-refractivity contribution >= 4 is 0 Å². The summed E-state index contributed by atoms with van der Waals surface area (Å²) in [5.74, 6) is 0. The Balaban J connectivity index is 2.60. The molecule has 0 aromatic carbocycles. The second kappa shape index (κ2) is 2.82. The van der Waals surface area contributed by atoms with Gasteiger partial charge in [-0.05, 0) is 19.5 Å². The van der Waals surface area contributed by atoms with Crippen LogP contribution in [0.1, 0.15) is 13.3 Å². The largest absolute Gasteiger partial charge is 0.378 e. The highest BCUT2D eigenvalue weighted by Gasteiger charge is 2.15. The summed E-state index contributed by atoms with van der Waals surface area (Å²) >= 11 is 0. The van der Waals surface area contributed by atoms with Crippen LogP contribution in [0.5, 0.6) is 0 Å². The van der Waals surface area contributed by atoms with Gasteiger partial charge < -0.3 is 4.90 Å². The lowest BCUT2D eigenvalue weighted by Gasteiger charge is -2.24. The summed E-state index contributed by atoms with van der Waals surface area (Å²) in [6.45, 7) is 2.79. The van der Waals surface area contributed by atoms with Gasteiger partial charge >= 0.3 is 0 Å². The van der Waals surface area contributed by atoms with Crippen molar-refractivity contribution in [2.45, 2.75) is 19.4 Å². The molecule has 0 spiro atoms. The van der Waals surface area contributed by atoms with Crippen LogP contribution in [0.4, 0.5) is 0 Å². The Labute approximate surface area is 60.7 Å². The molecule has 0 N–H and O–H groups in total. The molecule has 10 heavy (non-hydrogen) atoms. The first-order chi connectivity index (χ1) is 4.72. The summed E-state index contributed by atoms with van der Waals surface area (Å²) in [7, 11) is 1.96. The van der Waals surface area contributed by atoms with Crippen molar-refractivity contribution in [3.63, 3.8) is 0 Å². The van der Waals surface area contributed by atoms with Gasteiger partial charge in [0.05, 0.1) is 0 Å². The molecule has 1 heterocycles. The second-order valence-corrected chi connectivity index (χ2v) is 2.88. The quantitative estimate of drug-likeness (QED) is 0.515. The minimum Gasteiger partial charge on any atom is -0.378 e. The van der Waals surface area contributed by atoms with Gasteiger partial charge in [-0.1, -0.05) is 10.7 Å². The summed E-state index contributed by atoms with van der Waals surface area (Å²) in [5.41, 5.74) is 1.23. The van der Waals surface area contributed by atoms with E-state index in [0.29, 0.717) is 0 Å². The van der Waals surface area contributed by atoms with Crippen molar-refractivity contribution in [2.24, 2.45) is 5.18 Å². The normalized spacial score (nSPS) is 26.0. The lowest BCUT2D eigenvalue weighted by Crippen LogP contribution is -2.28. The van der Waals surface area contributed by atoms with Crippen LogP contribution in [0.3, 0.4) is 0 Å². The molecule has 1 aliphatic heterocycles. The van der Waals surface area contributed by atoms with Gasteiger partial charge in [-0.15, -0.1) is 0 Å². The van der Waals surface area contributed by atoms with E-state index in [9.17, 15) is 4.91 Å². The molecule has 0 saturated carbocycles. The molecule has 1 rings (SSSR count). The lowest BCUT2D eigenvalue weighted by atomic mass is 10.1. The Morgan fingerprint density at radius 3 is 3.00 bits per heavy atom. The molecule has 0 radical (unpaired) electrons. The van der Waals surface area contributed by atoms with Gasteiger partial charge in [0.1, 0.15) is 6.04 Å². The van der Waals surface area contributed by atoms with E-state index in [1.54, 1.807) is 0 Å². The van der Waals surface area contributed by atoms with E-state index in [1.807, 2.05) is 18.9 Å². The van der Waals surface area contributed by atoms with Crippen LogP contribution in [-0.4, -0.2) is 24.5 Å². The average Bonchev–Trinajstić information content (AvgIpc) is 1.85. The van der Waals surface area contributed by atoms with E-state index in [2.05, 4.69) is 11.4 Å². The first kappa shape index (κ1) is 7.25. The minimum atomic E-state index is -0.0324. The molecular formula is C7H12N2O. The van der Waals surface area contributed by atoms with Crippen LogP contribution in [-0.2, 0) is 0 Å². The van der Waals surface area contributed by atoms with Gasteiger partial charge in [0.2, 0.25) is 0 Å². The topological polar surface area (TPSA) is 32.7 Å². The standard InChI is InChI=1S/C7H12N2O/c1-6-3-7(8-10)5-9(2)4-6/h4,7H,3,5H2,1-2H3. The fourth-order valence-corrected chi connectivity index (χ4v) is 1.32. The summed E-state index contributed by atoms with van der Waals surface area (Å²) in [4.78, 5) is 12.2. The van der Waals surface area contributed by atoms with E-state index >= 15 is 0 Å². The van der Waals surface area contributed by atoms with E-state index in [4.69, 9.17) is 0 Å². The first-order valence-electron chi connectivity index (χ1n) is 3.42. The van der Waals surface area contributed by atoms with E-state index in [-0.39, 0.29) is 6.04 Å². The number of nitrogens with zero attached hydrogens (tertiary/aromatic N) is 2. The van der Waals surface area contributed by atoms with Crippen LogP contribution in [0.15, 0.2) is 16.9 Å². The van der Waals surface area contributed by atoms with Crippen molar-refractivity contribution in [3.05, 3.63) is 16.7 Å². The highest BCUT2D eigenvalue weighted by Crippen LogP contribution is 2.14. The molecule has 0 aliphatic carbocycles. The van der Waals surface area contributed by atoms with Gasteiger partial charge in [0.25, 0.3) is 0 Å². The fraction of sp³-hybridized carbons (Fsp3) is 0.714. The van der Waals surface area contributed by atoms with Crippen molar-refractivity contribution in [2.75, 3.05) is 13.6 Å². The zero-order valence-electron chi connectivity index (χ0n) is 6.37. The Morgan fingerprint density at radius 1 is 1.80 bits per heavy atom. The Hall–Kier alpha value is -0.860. The zero-order chi connectivity index (χ0) is 7.56. The second-order valence-electron chi connectivity index (χ2n) is 2.88. The van der Waals surface area contributed by atoms with Crippen LogP contribution >= 0.6 is 0 Å². The van der Waals surface area contributed by atoms with E-state index < -0.39 is 0 Å². The van der Waals surface area contributed by atoms with Crippen LogP contribution < -0.4 is 0 Å². The Bertz CT molecular complexity index is 165. The molecule has 3 nitrogen and oxygen atoms in total. The number of rotatable bonds is 1. The van der Waals surface area contributed by atoms with Gasteiger partial charge in [-0.3, -0.25) is 0 Å². The van der Waals surface area contributed by atoms with Gasteiger partial charge in [0, 0.05) is 13.6 Å². The monoisotopic (exact) mass is 140 g/mol. The van der Waals surface area contributed by atoms with Gasteiger partial charge in [-0.25, -0.2) is 0 Å². The van der Waals surface area contributed by atoms with Crippen LogP contribution in [0.2, 0.25) is 0 Å². The molecule has 1 unspecified atom stereocenters. The highest BCUT2D eigenvalue weighted by molar-refractivity contribution is 5.05. The average molecular weight is 140 g/mol. The molecule has 1 atom stereocenters. The van der Waals surface area contributed by atoms with Crippen LogP contribution in [0.25, 0.3) is 0 Å². The number of hydrogen-bond acceptors (Lipinski definition) is 3. The molecule has 0 aromatic heterocycles. The Kier molecular flexibility index (Phi) is 2.04. The van der Waals surface area contributed by atoms with Gasteiger partial charge in [-0.2, -0.15) is 4.91 Å². The maximum absolute atomic E-state index is 10.1. The van der Waals surface area contributed by atoms with Crippen molar-refractivity contribution in [1.82, 2.24) is 4.90 Å². The third-order valence-corrected chi connectivity index (χ3v) is 1.65. The van der Waals surface area contributed by atoms with Crippen molar-refractivity contribution in [1.29, 1.82) is 0 Å². The van der Waals surface area contributed by atoms with Crippen LogP contribution in [0, 0.1) is 4.91 Å². The maximum Gasteiger partial charge on any atom is 0.113 e. The maximum atomic E-state index is 10.1. The minimum absolute atomic E-state index is 0.0324.